The molecule has 0 spiro atoms. The molecule has 0 fully saturated rings. The van der Waals surface area contributed by atoms with Gasteiger partial charge in [0.25, 0.3) is 5.91 Å². The van der Waals surface area contributed by atoms with Gasteiger partial charge >= 0.3 is 0 Å². The fourth-order valence-electron chi connectivity index (χ4n) is 2.21. The average molecular weight is 328 g/mol. The second-order valence-corrected chi connectivity index (χ2v) is 6.10. The molecule has 0 aliphatic carbocycles. The Balaban J connectivity index is 1.86. The van der Waals surface area contributed by atoms with Gasteiger partial charge in [0.05, 0.1) is 0 Å². The van der Waals surface area contributed by atoms with E-state index in [0.29, 0.717) is 22.1 Å². The molecule has 6 nitrogen and oxygen atoms in total. The summed E-state index contributed by atoms with van der Waals surface area (Å²) in [4.78, 5) is 12.6. The van der Waals surface area contributed by atoms with Crippen LogP contribution in [0, 0.1) is 6.92 Å². The molecule has 0 unspecified atom stereocenters. The number of hydrogen-bond donors (Lipinski definition) is 1. The topological polar surface area (TPSA) is 80.9 Å². The number of nitrogens with zero attached hydrogens (tertiary/aromatic N) is 3. The van der Waals surface area contributed by atoms with Gasteiger partial charge in [-0.3, -0.25) is 10.1 Å². The molecular weight excluding hydrogens is 312 g/mol. The van der Waals surface area contributed by atoms with E-state index < -0.39 is 0 Å². The smallest absolute Gasteiger partial charge is 0.263 e. The van der Waals surface area contributed by atoms with E-state index in [9.17, 15) is 4.79 Å². The average Bonchev–Trinajstić information content (AvgIpc) is 3.15. The number of carbonyl (C=O) groups is 1. The zero-order chi connectivity index (χ0) is 16.2. The van der Waals surface area contributed by atoms with Crippen LogP contribution in [-0.2, 0) is 6.42 Å². The molecule has 1 N–H and O–H groups in total. The zero-order valence-electron chi connectivity index (χ0n) is 12.9. The van der Waals surface area contributed by atoms with Gasteiger partial charge in [-0.2, -0.15) is 0 Å². The number of nitrogens with one attached hydrogen (secondary N) is 1. The number of anilines is 1. The van der Waals surface area contributed by atoms with Crippen LogP contribution in [0.1, 0.15) is 34.5 Å². The van der Waals surface area contributed by atoms with Crippen LogP contribution in [0.4, 0.5) is 5.13 Å². The third-order valence-corrected chi connectivity index (χ3v) is 4.19. The molecule has 3 rings (SSSR count). The molecule has 3 aromatic rings. The lowest BCUT2D eigenvalue weighted by atomic mass is 10.1. The summed E-state index contributed by atoms with van der Waals surface area (Å²) in [5, 5.41) is 16.2. The number of aromatic nitrogens is 3. The first kappa shape index (κ1) is 15.4. The number of hydrogen-bond acceptors (Lipinski definition) is 6. The van der Waals surface area contributed by atoms with Gasteiger partial charge in [-0.25, -0.2) is 0 Å². The normalized spacial score (nSPS) is 10.7. The number of carbonyl (C=O) groups excluding carboxylic acids is 1. The molecule has 0 saturated heterocycles. The minimum atomic E-state index is -0.290. The minimum Gasteiger partial charge on any atom is -0.360 e. The Bertz CT molecular complexity index is 811. The van der Waals surface area contributed by atoms with E-state index in [1.54, 1.807) is 6.92 Å². The van der Waals surface area contributed by atoms with Crippen molar-refractivity contribution in [2.24, 2.45) is 0 Å². The highest BCUT2D eigenvalue weighted by Crippen LogP contribution is 2.26. The van der Waals surface area contributed by atoms with Gasteiger partial charge in [0.15, 0.2) is 0 Å². The second kappa shape index (κ2) is 6.70. The van der Waals surface area contributed by atoms with Crippen LogP contribution in [0.25, 0.3) is 11.3 Å². The highest BCUT2D eigenvalue weighted by atomic mass is 32.1. The lowest BCUT2D eigenvalue weighted by molar-refractivity contribution is 0.102. The minimum absolute atomic E-state index is 0.290. The van der Waals surface area contributed by atoms with Crippen molar-refractivity contribution in [1.29, 1.82) is 0 Å². The molecule has 23 heavy (non-hydrogen) atoms. The Morgan fingerprint density at radius 1 is 1.26 bits per heavy atom. The molecule has 0 saturated carbocycles. The maximum absolute atomic E-state index is 12.6. The van der Waals surface area contributed by atoms with Gasteiger partial charge in [0, 0.05) is 12.0 Å². The Morgan fingerprint density at radius 2 is 2.04 bits per heavy atom. The van der Waals surface area contributed by atoms with Crippen LogP contribution in [0.2, 0.25) is 0 Å². The van der Waals surface area contributed by atoms with Gasteiger partial charge in [-0.05, 0) is 13.3 Å². The van der Waals surface area contributed by atoms with Crippen molar-refractivity contribution in [3.63, 3.8) is 0 Å². The summed E-state index contributed by atoms with van der Waals surface area (Å²) in [5.74, 6) is 0.182. The van der Waals surface area contributed by atoms with Crippen molar-refractivity contribution in [3.8, 4) is 11.3 Å². The van der Waals surface area contributed by atoms with Gasteiger partial charge in [-0.15, -0.1) is 10.2 Å². The summed E-state index contributed by atoms with van der Waals surface area (Å²) in [5.41, 5.74) is 1.78. The van der Waals surface area contributed by atoms with Crippen molar-refractivity contribution in [3.05, 3.63) is 46.7 Å². The summed E-state index contributed by atoms with van der Waals surface area (Å²) >= 11 is 1.39. The summed E-state index contributed by atoms with van der Waals surface area (Å²) in [6, 6.07) is 9.47. The predicted molar refractivity (Wildman–Crippen MR) is 88.5 cm³/mol. The lowest BCUT2D eigenvalue weighted by Crippen LogP contribution is -2.13. The SMILES string of the molecule is CCCc1nnc(NC(=O)c2c(-c3ccccc3)noc2C)s1. The molecule has 2 aromatic heterocycles. The van der Waals surface area contributed by atoms with E-state index >= 15 is 0 Å². The summed E-state index contributed by atoms with van der Waals surface area (Å²) in [7, 11) is 0. The Morgan fingerprint density at radius 3 is 2.78 bits per heavy atom. The van der Waals surface area contributed by atoms with Crippen molar-refractivity contribution < 1.29 is 9.32 Å². The van der Waals surface area contributed by atoms with Gasteiger partial charge in [0.2, 0.25) is 5.13 Å². The van der Waals surface area contributed by atoms with Crippen molar-refractivity contribution >= 4 is 22.4 Å². The standard InChI is InChI=1S/C16H16N4O2S/c1-3-7-12-18-19-16(23-12)17-15(21)13-10(2)22-20-14(13)11-8-5-4-6-9-11/h4-6,8-9H,3,7H2,1-2H3,(H,17,19,21). The number of benzene rings is 1. The summed E-state index contributed by atoms with van der Waals surface area (Å²) in [6.45, 7) is 3.79. The molecule has 0 radical (unpaired) electrons. The summed E-state index contributed by atoms with van der Waals surface area (Å²) in [6.07, 6.45) is 1.85. The van der Waals surface area contributed by atoms with Crippen LogP contribution in [0.5, 0.6) is 0 Å². The quantitative estimate of drug-likeness (QED) is 0.772. The third kappa shape index (κ3) is 3.29. The maximum Gasteiger partial charge on any atom is 0.263 e. The molecule has 2 heterocycles. The van der Waals surface area contributed by atoms with E-state index in [4.69, 9.17) is 4.52 Å². The molecule has 0 atom stereocenters. The van der Waals surface area contributed by atoms with Crippen LogP contribution >= 0.6 is 11.3 Å². The van der Waals surface area contributed by atoms with Crippen LogP contribution in [-0.4, -0.2) is 21.3 Å². The van der Waals surface area contributed by atoms with Crippen LogP contribution < -0.4 is 5.32 Å². The maximum atomic E-state index is 12.6. The van der Waals surface area contributed by atoms with Crippen LogP contribution in [0.15, 0.2) is 34.9 Å². The fraction of sp³-hybridized carbons (Fsp3) is 0.250. The van der Waals surface area contributed by atoms with E-state index in [1.807, 2.05) is 30.3 Å². The molecule has 0 bridgehead atoms. The molecule has 0 aliphatic heterocycles. The van der Waals surface area contributed by atoms with Gasteiger partial charge < -0.3 is 4.52 Å². The number of amides is 1. The molecule has 1 aromatic carbocycles. The van der Waals surface area contributed by atoms with Gasteiger partial charge in [0.1, 0.15) is 22.0 Å². The largest absolute Gasteiger partial charge is 0.360 e. The van der Waals surface area contributed by atoms with E-state index in [-0.39, 0.29) is 5.91 Å². The fourth-order valence-corrected chi connectivity index (χ4v) is 3.05. The number of aryl methyl sites for hydroxylation is 2. The molecule has 118 valence electrons. The molecule has 7 heteroatoms. The zero-order valence-corrected chi connectivity index (χ0v) is 13.7. The van der Waals surface area contributed by atoms with Crippen LogP contribution in [0.3, 0.4) is 0 Å². The van der Waals surface area contributed by atoms with Crippen molar-refractivity contribution in [2.45, 2.75) is 26.7 Å². The van der Waals surface area contributed by atoms with E-state index in [0.717, 1.165) is 23.4 Å². The van der Waals surface area contributed by atoms with Crippen molar-refractivity contribution in [1.82, 2.24) is 15.4 Å². The first-order chi connectivity index (χ1) is 11.2. The lowest BCUT2D eigenvalue weighted by Gasteiger charge is -2.02. The third-order valence-electron chi connectivity index (χ3n) is 3.29. The Hall–Kier alpha value is -2.54. The Labute approximate surface area is 137 Å². The highest BCUT2D eigenvalue weighted by molar-refractivity contribution is 7.15. The van der Waals surface area contributed by atoms with E-state index in [1.165, 1.54) is 11.3 Å². The van der Waals surface area contributed by atoms with Gasteiger partial charge in [-0.1, -0.05) is 53.7 Å². The first-order valence-corrected chi connectivity index (χ1v) is 8.16. The predicted octanol–water partition coefficient (Wildman–Crippen LogP) is 3.71. The molecule has 1 amide bonds. The van der Waals surface area contributed by atoms with E-state index in [2.05, 4.69) is 27.6 Å². The van der Waals surface area contributed by atoms with Crippen molar-refractivity contribution in [2.75, 3.05) is 5.32 Å². The summed E-state index contributed by atoms with van der Waals surface area (Å²) < 4.78 is 5.21. The Kier molecular flexibility index (Phi) is 4.47. The highest BCUT2D eigenvalue weighted by Gasteiger charge is 2.22. The number of rotatable bonds is 5. The first-order valence-electron chi connectivity index (χ1n) is 7.34. The second-order valence-electron chi connectivity index (χ2n) is 5.03. The molecular formula is C16H16N4O2S. The monoisotopic (exact) mass is 328 g/mol. The molecule has 0 aliphatic rings.